The molecule has 0 fully saturated rings. The van der Waals surface area contributed by atoms with E-state index in [1.54, 1.807) is 103 Å². The first-order valence-corrected chi connectivity index (χ1v) is 45.6. The highest BCUT2D eigenvalue weighted by Gasteiger charge is 2.23. The van der Waals surface area contributed by atoms with Gasteiger partial charge in [-0.1, -0.05) is 73.7 Å². The number of hydrogen-bond acceptors (Lipinski definition) is 25. The Morgan fingerprint density at radius 1 is 0.430 bits per heavy atom. The number of carbonyl (C=O) groups excluding carboxylic acids is 9. The molecule has 0 saturated heterocycles. The first kappa shape index (κ1) is 107. The fourth-order valence-electron chi connectivity index (χ4n) is 11.3. The van der Waals surface area contributed by atoms with E-state index >= 15 is 0 Å². The lowest BCUT2D eigenvalue weighted by Gasteiger charge is -2.12. The molecule has 135 heavy (non-hydrogen) atoms. The number of unbranched alkanes of at least 4 members (excludes halogenated alkanes) is 3. The van der Waals surface area contributed by atoms with E-state index in [1.807, 2.05) is 75.5 Å². The van der Waals surface area contributed by atoms with Gasteiger partial charge in [0.25, 0.3) is 35.2 Å². The summed E-state index contributed by atoms with van der Waals surface area (Å²) in [5.41, 5.74) is 11.2. The summed E-state index contributed by atoms with van der Waals surface area (Å²) in [5.74, 6) is -4.32. The van der Waals surface area contributed by atoms with Gasteiger partial charge in [0.05, 0.1) is 59.2 Å². The molecule has 0 saturated carbocycles. The van der Waals surface area contributed by atoms with Crippen LogP contribution in [0.1, 0.15) is 138 Å². The highest BCUT2D eigenvalue weighted by molar-refractivity contribution is 14.1. The zero-order valence-electron chi connectivity index (χ0n) is 70.9. The van der Waals surface area contributed by atoms with Gasteiger partial charge in [-0.2, -0.15) is 15.3 Å². The summed E-state index contributed by atoms with van der Waals surface area (Å²) in [6.45, 7) is 5.99. The minimum absolute atomic E-state index is 0.00777. The minimum Gasteiger partial charge on any atom is -0.508 e. The largest absolute Gasteiger partial charge is 0.508 e. The van der Waals surface area contributed by atoms with Gasteiger partial charge in [0, 0.05) is 105 Å². The highest BCUT2D eigenvalue weighted by Crippen LogP contribution is 2.35. The van der Waals surface area contributed by atoms with E-state index in [1.165, 1.54) is 149 Å². The first-order chi connectivity index (χ1) is 64.3. The molecule has 0 unspecified atom stereocenters. The van der Waals surface area contributed by atoms with Crippen LogP contribution in [-0.2, 0) is 20.8 Å². The number of hydrogen-bond donors (Lipinski definition) is 13. The van der Waals surface area contributed by atoms with Gasteiger partial charge in [-0.05, 0) is 330 Å². The van der Waals surface area contributed by atoms with Crippen LogP contribution in [0.15, 0.2) is 263 Å². The summed E-state index contributed by atoms with van der Waals surface area (Å²) < 4.78 is 37.1. The number of nitrogens with zero attached hydrogens (tertiary/aromatic N) is 4. The van der Waals surface area contributed by atoms with Crippen LogP contribution in [0, 0.1) is 33.8 Å². The SMILES string of the molecule is CC(=O)Oc1c(I)cc(I)cc1C(=O)Nc1ccc(Cl)cc1.CC(=O)Oc1c(I)cc(I)cc1C(=O)Nc1ccc(F)cc1.CC(=O)Oc1ccc(I)cc1C(=O)Nc1ccc(Cl)cc1.CCCCCCc1cc(/C=N/NC(=O)c2ccc([N+](=O)[O-])cc2)c(O)cc1O.O=C(N/N=C/c1cc(O)ccc1O)c1ccco1.O=C(N/N=C/c1ccc(O)cc1O)c1cc2ccccc2cc1O. The zero-order chi connectivity index (χ0) is 98.5. The molecule has 13 N–H and O–H groups in total. The Bertz CT molecular complexity index is 6440. The van der Waals surface area contributed by atoms with Gasteiger partial charge in [-0.3, -0.25) is 53.3 Å². The summed E-state index contributed by atoms with van der Waals surface area (Å²) in [5, 5.41) is 100. The van der Waals surface area contributed by atoms with Gasteiger partial charge >= 0.3 is 23.8 Å². The summed E-state index contributed by atoms with van der Waals surface area (Å²) in [7, 11) is 0. The molecule has 40 heteroatoms. The Labute approximate surface area is 847 Å². The lowest BCUT2D eigenvalue weighted by Crippen LogP contribution is -2.17. The van der Waals surface area contributed by atoms with Crippen LogP contribution in [0.3, 0.4) is 0 Å². The van der Waals surface area contributed by atoms with E-state index in [2.05, 4.69) is 122 Å². The van der Waals surface area contributed by atoms with Gasteiger partial charge in [0.15, 0.2) is 17.3 Å². The smallest absolute Gasteiger partial charge is 0.308 e. The van der Waals surface area contributed by atoms with Crippen molar-refractivity contribution in [3.8, 4) is 57.5 Å². The van der Waals surface area contributed by atoms with E-state index in [0.717, 1.165) is 47.2 Å². The van der Waals surface area contributed by atoms with E-state index in [-0.39, 0.29) is 109 Å². The minimum atomic E-state index is -0.576. The molecule has 1 aromatic heterocycles. The van der Waals surface area contributed by atoms with Crippen LogP contribution >= 0.6 is 136 Å². The Kier molecular flexibility index (Phi) is 42.3. The number of carbonyl (C=O) groups is 9. The van der Waals surface area contributed by atoms with Gasteiger partial charge in [-0.15, -0.1) is 0 Å². The number of ether oxygens (including phenoxy) is 3. The first-order valence-electron chi connectivity index (χ1n) is 39.4. The van der Waals surface area contributed by atoms with Crippen molar-refractivity contribution < 1.29 is 107 Å². The van der Waals surface area contributed by atoms with Crippen molar-refractivity contribution in [2.75, 3.05) is 16.0 Å². The van der Waals surface area contributed by atoms with Gasteiger partial charge < -0.3 is 70.3 Å². The fourth-order valence-corrected chi connectivity index (χ4v) is 15.9. The number of phenols is 7. The van der Waals surface area contributed by atoms with Crippen LogP contribution in [0.4, 0.5) is 27.1 Å². The van der Waals surface area contributed by atoms with Crippen molar-refractivity contribution in [3.63, 3.8) is 0 Å². The zero-order valence-corrected chi connectivity index (χ0v) is 83.2. The number of non-ortho nitro benzene ring substituents is 1. The molecule has 1 heterocycles. The van der Waals surface area contributed by atoms with E-state index in [0.29, 0.717) is 68.5 Å². The Morgan fingerprint density at radius 3 is 1.41 bits per heavy atom. The maximum absolute atomic E-state index is 12.9. The van der Waals surface area contributed by atoms with Crippen LogP contribution in [0.2, 0.25) is 10.0 Å². The summed E-state index contributed by atoms with van der Waals surface area (Å²) in [6, 6.07) is 60.4. The molecule has 6 amide bonds. The molecule has 12 aromatic carbocycles. The maximum Gasteiger partial charge on any atom is 0.308 e. The van der Waals surface area contributed by atoms with Crippen LogP contribution in [0.25, 0.3) is 10.8 Å². The van der Waals surface area contributed by atoms with Gasteiger partial charge in [0.2, 0.25) is 0 Å². The number of anilines is 3. The number of esters is 3. The number of phenolic OH excluding ortho intramolecular Hbond substituents is 7. The number of furan rings is 1. The molecule has 0 spiro atoms. The molecule has 0 bridgehead atoms. The molecule has 0 atom stereocenters. The summed E-state index contributed by atoms with van der Waals surface area (Å²) in [4.78, 5) is 116. The van der Waals surface area contributed by atoms with Crippen molar-refractivity contribution in [2.24, 2.45) is 15.3 Å². The number of aromatic hydroxyl groups is 7. The number of hydrazone groups is 3. The molecule has 0 aliphatic rings. The third-order valence-electron chi connectivity index (χ3n) is 17.6. The van der Waals surface area contributed by atoms with Crippen molar-refractivity contribution in [1.29, 1.82) is 0 Å². The van der Waals surface area contributed by atoms with E-state index in [9.17, 15) is 93.4 Å². The second kappa shape index (κ2) is 53.5. The van der Waals surface area contributed by atoms with Gasteiger partial charge in [-0.25, -0.2) is 20.7 Å². The number of halogens is 8. The van der Waals surface area contributed by atoms with Crippen LogP contribution in [-0.4, -0.2) is 113 Å². The second-order valence-corrected chi connectivity index (χ2v) is 34.7. The molecule has 0 aliphatic carbocycles. The number of nitro groups is 1. The van der Waals surface area contributed by atoms with Crippen LogP contribution < -0.4 is 46.4 Å². The van der Waals surface area contributed by atoms with Gasteiger partial charge in [0.1, 0.15) is 51.8 Å². The quantitative estimate of drug-likeness (QED) is 0.00390. The number of benzene rings is 12. The number of nitro benzene ring substituents is 1. The Morgan fingerprint density at radius 2 is 0.904 bits per heavy atom. The third kappa shape index (κ3) is 35.2. The highest BCUT2D eigenvalue weighted by atomic mass is 127. The number of fused-ring (bicyclic) bond motifs is 1. The molecule has 13 rings (SSSR count). The second-order valence-electron chi connectivity index (χ2n) is 27.8. The van der Waals surface area contributed by atoms with Crippen LogP contribution in [0.5, 0.6) is 57.5 Å². The molecule has 13 aromatic rings. The standard InChI is InChI=1S/C20H23N3O5.C18H14N2O4.C15H10ClI2NO3.C15H11ClINO3.C15H10FI2NO3.C12H10N2O4/c1-2-3-4-5-6-15-11-16(19(25)12-18(15)24)13-21-22-20(26)14-7-9-17(10-8-14)23(27)28;21-14-6-5-13(16(22)9-14)10-19-20-18(24)15-7-11-3-1-2-4-12(11)8-17(15)23;1-8(20)22-14-12(6-10(17)7-13(14)18)15(21)19-11-4-2-9(16)3-5-11;1-9(19)21-14-7-4-11(17)8-13(14)15(20)18-12-5-2-10(16)3-6-12;1-8(20)22-14-12(6-10(17)7-13(14)18)15(21)19-11-4-2-9(16)3-5-11;15-9-3-4-10(16)8(6-9)7-13-14-12(17)11-2-1-5-18-11/h7-13,24-25H,2-6H2,1H3,(H,22,26);1-10,21-23H,(H,20,24);2-7H,1H3,(H,19,21);2-8H,1H3,(H,18,20);2-7H,1H3,(H,19,21);1-7,15-16H,(H,14,17)/b21-13+;19-10+;;;;13-7+. The predicted molar refractivity (Wildman–Crippen MR) is 550 cm³/mol. The average Bonchev–Trinajstić information content (AvgIpc) is 1.81. The van der Waals surface area contributed by atoms with E-state index < -0.39 is 46.5 Å². The molecule has 696 valence electrons. The molecular weight excluding hydrogens is 2360 g/mol. The molecule has 0 radical (unpaired) electrons. The maximum atomic E-state index is 12.9. The average molecular weight is 2440 g/mol. The van der Waals surface area contributed by atoms with Crippen molar-refractivity contribution >= 4 is 242 Å². The summed E-state index contributed by atoms with van der Waals surface area (Å²) >= 11 is 21.9. The molecular formula is C95H78Cl2FI5N10O22. The lowest BCUT2D eigenvalue weighted by atomic mass is 10.0. The van der Waals surface area contributed by atoms with Crippen molar-refractivity contribution in [2.45, 2.75) is 59.8 Å². The number of amides is 6. The lowest BCUT2D eigenvalue weighted by molar-refractivity contribution is -0.384. The number of nitrogens with one attached hydrogen (secondary N) is 6. The molecule has 0 aliphatic heterocycles. The Hall–Kier alpha value is -13.4. The topological polar surface area (TPSA) is 488 Å². The fraction of sp³-hybridized carbons (Fsp3) is 0.0947. The number of aryl methyl sites for hydroxylation is 1. The van der Waals surface area contributed by atoms with Crippen molar-refractivity contribution in [1.82, 2.24) is 16.3 Å². The Balaban J connectivity index is 0.000000200. The van der Waals surface area contributed by atoms with E-state index in [4.69, 9.17) is 41.8 Å². The summed E-state index contributed by atoms with van der Waals surface area (Å²) in [6.07, 6.45) is 10.0. The normalized spacial score (nSPS) is 10.5. The predicted octanol–water partition coefficient (Wildman–Crippen LogP) is 21.1. The third-order valence-corrected chi connectivity index (χ3v) is 21.6. The van der Waals surface area contributed by atoms with Crippen molar-refractivity contribution in [3.05, 3.63) is 343 Å². The monoisotopic (exact) mass is 2430 g/mol. The molecule has 32 nitrogen and oxygen atoms in total. The number of rotatable bonds is 24.